The standard InChI is InChI=1S/C40H33ClN4O3S2/c1-25-15-20-32-33(24-42)40(50-35(32)21-25)45-39(48)36(27-9-4-2-5-10-27)49-31-14-8-13-30(23-31)43-38(47)34(22-26-16-18-29(41)19-17-26)44-37(46)28-11-6-3-7-12-28/h2-14,16-19,22-23,25,36H,15,20-21H2,1H3,(H,43,47)(H,44,46)(H,45,48)/b34-22+. The molecule has 0 saturated carbocycles. The maximum absolute atomic E-state index is 14.0. The second-order valence-corrected chi connectivity index (χ2v) is 14.7. The predicted octanol–water partition coefficient (Wildman–Crippen LogP) is 9.28. The minimum Gasteiger partial charge on any atom is -0.321 e. The SMILES string of the molecule is CC1CCc2c(sc(NC(=O)C(Sc3cccc(NC(=O)/C(=C\c4ccc(Cl)cc4)NC(=O)c4ccccc4)c3)c3ccccc3)c2C#N)C1. The lowest BCUT2D eigenvalue weighted by Gasteiger charge is -2.18. The van der Waals surface area contributed by atoms with Gasteiger partial charge in [0.1, 0.15) is 22.0 Å². The fraction of sp³-hybridized carbons (Fsp3) is 0.150. The van der Waals surface area contributed by atoms with Crippen LogP contribution in [0.3, 0.4) is 0 Å². The molecule has 0 bridgehead atoms. The first-order valence-corrected chi connectivity index (χ1v) is 18.2. The Labute approximate surface area is 304 Å². The van der Waals surface area contributed by atoms with Crippen molar-refractivity contribution in [2.75, 3.05) is 10.6 Å². The topological polar surface area (TPSA) is 111 Å². The highest BCUT2D eigenvalue weighted by molar-refractivity contribution is 8.00. The highest BCUT2D eigenvalue weighted by Crippen LogP contribution is 2.42. The summed E-state index contributed by atoms with van der Waals surface area (Å²) < 4.78 is 0. The molecule has 1 aliphatic carbocycles. The van der Waals surface area contributed by atoms with Crippen LogP contribution in [-0.4, -0.2) is 17.7 Å². The lowest BCUT2D eigenvalue weighted by Crippen LogP contribution is -2.30. The molecule has 1 heterocycles. The molecular formula is C40H33ClN4O3S2. The molecule has 50 heavy (non-hydrogen) atoms. The molecule has 3 N–H and O–H groups in total. The molecule has 2 unspecified atom stereocenters. The van der Waals surface area contributed by atoms with E-state index >= 15 is 0 Å². The number of amides is 3. The molecule has 0 aliphatic heterocycles. The second kappa shape index (κ2) is 16.0. The van der Waals surface area contributed by atoms with Crippen LogP contribution in [0.1, 0.15) is 56.1 Å². The Kier molecular flexibility index (Phi) is 11.1. The Hall–Kier alpha value is -5.14. The number of fused-ring (bicyclic) bond motifs is 1. The predicted molar refractivity (Wildman–Crippen MR) is 202 cm³/mol. The summed E-state index contributed by atoms with van der Waals surface area (Å²) in [6.07, 6.45) is 4.36. The molecule has 4 aromatic carbocycles. The third kappa shape index (κ3) is 8.52. The van der Waals surface area contributed by atoms with E-state index in [9.17, 15) is 19.6 Å². The number of carbonyl (C=O) groups excluding carboxylic acids is 3. The van der Waals surface area contributed by atoms with E-state index in [0.717, 1.165) is 35.3 Å². The number of nitriles is 1. The van der Waals surface area contributed by atoms with Crippen molar-refractivity contribution in [3.8, 4) is 6.07 Å². The van der Waals surface area contributed by atoms with E-state index in [-0.39, 0.29) is 11.6 Å². The van der Waals surface area contributed by atoms with Crippen molar-refractivity contribution < 1.29 is 14.4 Å². The number of nitrogens with zero attached hydrogens (tertiary/aromatic N) is 1. The van der Waals surface area contributed by atoms with Gasteiger partial charge in [-0.15, -0.1) is 23.1 Å². The van der Waals surface area contributed by atoms with Gasteiger partial charge in [-0.05, 0) is 90.4 Å². The number of anilines is 2. The number of halogens is 1. The number of carbonyl (C=O) groups is 3. The van der Waals surface area contributed by atoms with Gasteiger partial charge >= 0.3 is 0 Å². The van der Waals surface area contributed by atoms with E-state index in [0.29, 0.717) is 38.3 Å². The highest BCUT2D eigenvalue weighted by atomic mass is 35.5. The first kappa shape index (κ1) is 34.7. The minimum atomic E-state index is -0.641. The van der Waals surface area contributed by atoms with Gasteiger partial charge in [0.2, 0.25) is 5.91 Å². The van der Waals surface area contributed by atoms with Crippen LogP contribution < -0.4 is 16.0 Å². The van der Waals surface area contributed by atoms with Gasteiger partial charge in [0.25, 0.3) is 11.8 Å². The van der Waals surface area contributed by atoms with Crippen molar-refractivity contribution in [2.45, 2.75) is 36.3 Å². The van der Waals surface area contributed by atoms with Crippen LogP contribution >= 0.6 is 34.7 Å². The van der Waals surface area contributed by atoms with Gasteiger partial charge in [0, 0.05) is 26.0 Å². The summed E-state index contributed by atoms with van der Waals surface area (Å²) in [6.45, 7) is 2.21. The quantitative estimate of drug-likeness (QED) is 0.0986. The Bertz CT molecular complexity index is 2090. The molecule has 1 aliphatic rings. The summed E-state index contributed by atoms with van der Waals surface area (Å²) in [7, 11) is 0. The zero-order valence-corrected chi connectivity index (χ0v) is 29.5. The van der Waals surface area contributed by atoms with Crippen molar-refractivity contribution >= 4 is 69.2 Å². The lowest BCUT2D eigenvalue weighted by molar-refractivity contribution is -0.116. The molecule has 5 aromatic rings. The Morgan fingerprint density at radius 1 is 0.940 bits per heavy atom. The molecule has 0 radical (unpaired) electrons. The van der Waals surface area contributed by atoms with Crippen LogP contribution in [0.4, 0.5) is 10.7 Å². The Morgan fingerprint density at radius 2 is 1.66 bits per heavy atom. The molecule has 10 heteroatoms. The van der Waals surface area contributed by atoms with E-state index in [1.165, 1.54) is 28.0 Å². The normalized spacial score (nSPS) is 14.5. The van der Waals surface area contributed by atoms with E-state index < -0.39 is 17.1 Å². The van der Waals surface area contributed by atoms with Crippen LogP contribution in [-0.2, 0) is 22.4 Å². The maximum Gasteiger partial charge on any atom is 0.272 e. The van der Waals surface area contributed by atoms with E-state index in [2.05, 4.69) is 28.9 Å². The average Bonchev–Trinajstić information content (AvgIpc) is 3.47. The number of thioether (sulfide) groups is 1. The molecule has 1 aromatic heterocycles. The van der Waals surface area contributed by atoms with Crippen LogP contribution in [0.2, 0.25) is 5.02 Å². The number of benzene rings is 4. The van der Waals surface area contributed by atoms with Crippen molar-refractivity contribution in [2.24, 2.45) is 5.92 Å². The molecule has 2 atom stereocenters. The third-order valence-electron chi connectivity index (χ3n) is 8.26. The fourth-order valence-electron chi connectivity index (χ4n) is 5.69. The van der Waals surface area contributed by atoms with E-state index in [1.807, 2.05) is 42.5 Å². The van der Waals surface area contributed by atoms with Gasteiger partial charge in [-0.3, -0.25) is 14.4 Å². The largest absolute Gasteiger partial charge is 0.321 e. The monoisotopic (exact) mass is 716 g/mol. The van der Waals surface area contributed by atoms with Crippen molar-refractivity contribution in [3.05, 3.63) is 153 Å². The summed E-state index contributed by atoms with van der Waals surface area (Å²) in [4.78, 5) is 42.6. The van der Waals surface area contributed by atoms with Gasteiger partial charge in [-0.1, -0.05) is 85.3 Å². The van der Waals surface area contributed by atoms with Crippen molar-refractivity contribution in [3.63, 3.8) is 0 Å². The highest BCUT2D eigenvalue weighted by Gasteiger charge is 2.28. The number of rotatable bonds is 10. The molecule has 0 fully saturated rings. The van der Waals surface area contributed by atoms with E-state index in [1.54, 1.807) is 72.8 Å². The van der Waals surface area contributed by atoms with Crippen LogP contribution in [0.5, 0.6) is 0 Å². The summed E-state index contributed by atoms with van der Waals surface area (Å²) >= 11 is 8.90. The molecule has 0 saturated heterocycles. The summed E-state index contributed by atoms with van der Waals surface area (Å²) in [5, 5.41) is 19.2. The first-order valence-electron chi connectivity index (χ1n) is 16.1. The average molecular weight is 717 g/mol. The van der Waals surface area contributed by atoms with E-state index in [4.69, 9.17) is 11.6 Å². The molecule has 0 spiro atoms. The molecular weight excluding hydrogens is 684 g/mol. The Morgan fingerprint density at radius 3 is 2.38 bits per heavy atom. The molecule has 6 rings (SSSR count). The van der Waals surface area contributed by atoms with Gasteiger partial charge in [0.15, 0.2) is 0 Å². The zero-order chi connectivity index (χ0) is 35.0. The number of hydrogen-bond acceptors (Lipinski definition) is 6. The van der Waals surface area contributed by atoms with Crippen LogP contribution in [0.25, 0.3) is 6.08 Å². The van der Waals surface area contributed by atoms with Gasteiger partial charge in [-0.2, -0.15) is 5.26 Å². The fourth-order valence-corrected chi connectivity index (χ4v) is 8.26. The lowest BCUT2D eigenvalue weighted by atomic mass is 9.88. The summed E-state index contributed by atoms with van der Waals surface area (Å²) in [5.74, 6) is -0.650. The summed E-state index contributed by atoms with van der Waals surface area (Å²) in [5.41, 5.74) is 4.03. The number of thiophene rings is 1. The van der Waals surface area contributed by atoms with Gasteiger partial charge in [0.05, 0.1) is 5.56 Å². The molecule has 7 nitrogen and oxygen atoms in total. The second-order valence-electron chi connectivity index (χ2n) is 12.0. The Balaban J connectivity index is 1.23. The third-order valence-corrected chi connectivity index (χ3v) is 10.9. The van der Waals surface area contributed by atoms with Crippen LogP contribution in [0.15, 0.2) is 120 Å². The minimum absolute atomic E-state index is 0.0436. The van der Waals surface area contributed by atoms with Gasteiger partial charge in [-0.25, -0.2) is 0 Å². The van der Waals surface area contributed by atoms with Crippen molar-refractivity contribution in [1.82, 2.24) is 5.32 Å². The number of hydrogen-bond donors (Lipinski definition) is 3. The first-order chi connectivity index (χ1) is 24.3. The molecule has 3 amide bonds. The zero-order valence-electron chi connectivity index (χ0n) is 27.1. The van der Waals surface area contributed by atoms with Gasteiger partial charge < -0.3 is 16.0 Å². The molecule has 250 valence electrons. The van der Waals surface area contributed by atoms with Crippen LogP contribution in [0, 0.1) is 17.2 Å². The summed E-state index contributed by atoms with van der Waals surface area (Å²) in [6, 6.07) is 34.6. The maximum atomic E-state index is 14.0. The smallest absolute Gasteiger partial charge is 0.272 e. The number of nitrogens with one attached hydrogen (secondary N) is 3. The van der Waals surface area contributed by atoms with Crippen molar-refractivity contribution in [1.29, 1.82) is 5.26 Å².